The molecule has 27 heavy (non-hydrogen) atoms. The van der Waals surface area contributed by atoms with Crippen LogP contribution >= 0.6 is 0 Å². The molecule has 0 aliphatic heterocycles. The standard InChI is InChI=1S/C21H23N3O3/c1-14-16-9-5-6-11-18(16)21(26)24(22-14)13-20(25)23(3)15(2)17-10-7-8-12-19(17)27-4/h5-12,15H,13H2,1-4H3. The van der Waals surface area contributed by atoms with E-state index in [-0.39, 0.29) is 24.1 Å². The van der Waals surface area contributed by atoms with Crippen molar-refractivity contribution in [3.05, 3.63) is 70.1 Å². The number of hydrogen-bond donors (Lipinski definition) is 0. The van der Waals surface area contributed by atoms with Crippen LogP contribution in [0.4, 0.5) is 0 Å². The molecule has 1 aromatic heterocycles. The Hall–Kier alpha value is -3.15. The van der Waals surface area contributed by atoms with Crippen molar-refractivity contribution in [1.29, 1.82) is 0 Å². The van der Waals surface area contributed by atoms with Gasteiger partial charge in [-0.1, -0.05) is 36.4 Å². The third-order valence-electron chi connectivity index (χ3n) is 4.90. The summed E-state index contributed by atoms with van der Waals surface area (Å²) in [4.78, 5) is 27.1. The smallest absolute Gasteiger partial charge is 0.275 e. The first-order valence-corrected chi connectivity index (χ1v) is 8.79. The Morgan fingerprint density at radius 1 is 1.15 bits per heavy atom. The second-order valence-electron chi connectivity index (χ2n) is 6.52. The highest BCUT2D eigenvalue weighted by atomic mass is 16.5. The van der Waals surface area contributed by atoms with Gasteiger partial charge in [-0.15, -0.1) is 0 Å². The summed E-state index contributed by atoms with van der Waals surface area (Å²) in [5.41, 5.74) is 1.37. The second-order valence-corrected chi connectivity index (χ2v) is 6.52. The van der Waals surface area contributed by atoms with E-state index < -0.39 is 0 Å². The summed E-state index contributed by atoms with van der Waals surface area (Å²) in [7, 11) is 3.33. The molecule has 0 N–H and O–H groups in total. The van der Waals surface area contributed by atoms with Crippen LogP contribution in [0.1, 0.15) is 24.2 Å². The number of nitrogens with zero attached hydrogens (tertiary/aromatic N) is 3. The van der Waals surface area contributed by atoms with E-state index in [0.717, 1.165) is 22.4 Å². The van der Waals surface area contributed by atoms with Crippen LogP contribution in [0.2, 0.25) is 0 Å². The zero-order valence-electron chi connectivity index (χ0n) is 16.0. The lowest BCUT2D eigenvalue weighted by atomic mass is 10.1. The summed E-state index contributed by atoms with van der Waals surface area (Å²) in [6.45, 7) is 3.65. The highest BCUT2D eigenvalue weighted by molar-refractivity contribution is 5.83. The van der Waals surface area contributed by atoms with Gasteiger partial charge in [0.15, 0.2) is 0 Å². The van der Waals surface area contributed by atoms with Gasteiger partial charge in [0, 0.05) is 18.0 Å². The number of para-hydroxylation sites is 1. The molecule has 0 spiro atoms. The molecule has 1 atom stereocenters. The number of aryl methyl sites for hydroxylation is 1. The van der Waals surface area contributed by atoms with Crippen LogP contribution in [-0.2, 0) is 11.3 Å². The van der Waals surface area contributed by atoms with E-state index in [4.69, 9.17) is 4.74 Å². The normalized spacial score (nSPS) is 12.0. The number of amides is 1. The van der Waals surface area contributed by atoms with Crippen LogP contribution in [0.5, 0.6) is 5.75 Å². The molecule has 6 nitrogen and oxygen atoms in total. The monoisotopic (exact) mass is 365 g/mol. The molecule has 1 unspecified atom stereocenters. The van der Waals surface area contributed by atoms with Crippen molar-refractivity contribution in [1.82, 2.24) is 14.7 Å². The maximum atomic E-state index is 12.8. The van der Waals surface area contributed by atoms with E-state index >= 15 is 0 Å². The maximum absolute atomic E-state index is 12.8. The van der Waals surface area contributed by atoms with Crippen LogP contribution < -0.4 is 10.3 Å². The van der Waals surface area contributed by atoms with Gasteiger partial charge in [0.1, 0.15) is 12.3 Å². The van der Waals surface area contributed by atoms with E-state index in [1.807, 2.05) is 56.3 Å². The molecule has 0 aliphatic rings. The van der Waals surface area contributed by atoms with Gasteiger partial charge in [0.2, 0.25) is 5.91 Å². The van der Waals surface area contributed by atoms with Crippen molar-refractivity contribution < 1.29 is 9.53 Å². The highest BCUT2D eigenvalue weighted by Crippen LogP contribution is 2.28. The first-order valence-electron chi connectivity index (χ1n) is 8.79. The number of carbonyl (C=O) groups is 1. The number of hydrogen-bond acceptors (Lipinski definition) is 4. The molecule has 2 aromatic carbocycles. The van der Waals surface area contributed by atoms with Crippen LogP contribution in [0.15, 0.2) is 53.3 Å². The molecule has 3 aromatic rings. The molecular weight excluding hydrogens is 342 g/mol. The lowest BCUT2D eigenvalue weighted by molar-refractivity contribution is -0.132. The van der Waals surface area contributed by atoms with Crippen molar-refractivity contribution in [2.24, 2.45) is 0 Å². The van der Waals surface area contributed by atoms with Gasteiger partial charge < -0.3 is 9.64 Å². The van der Waals surface area contributed by atoms with Gasteiger partial charge in [0.25, 0.3) is 5.56 Å². The zero-order chi connectivity index (χ0) is 19.6. The summed E-state index contributed by atoms with van der Waals surface area (Å²) in [5.74, 6) is 0.527. The molecule has 3 rings (SSSR count). The number of carbonyl (C=O) groups excluding carboxylic acids is 1. The van der Waals surface area contributed by atoms with Crippen molar-refractivity contribution in [2.75, 3.05) is 14.2 Å². The minimum absolute atomic E-state index is 0.111. The van der Waals surface area contributed by atoms with E-state index in [2.05, 4.69) is 5.10 Å². The van der Waals surface area contributed by atoms with Crippen LogP contribution in [0.25, 0.3) is 10.8 Å². The molecular formula is C21H23N3O3. The first-order chi connectivity index (χ1) is 12.9. The van der Waals surface area contributed by atoms with Gasteiger partial charge in [-0.05, 0) is 26.0 Å². The molecule has 0 aliphatic carbocycles. The van der Waals surface area contributed by atoms with Gasteiger partial charge in [-0.25, -0.2) is 4.68 Å². The van der Waals surface area contributed by atoms with Gasteiger partial charge in [-0.3, -0.25) is 9.59 Å². The van der Waals surface area contributed by atoms with Crippen molar-refractivity contribution >= 4 is 16.7 Å². The molecule has 0 fully saturated rings. The number of fused-ring (bicyclic) bond motifs is 1. The summed E-state index contributed by atoms with van der Waals surface area (Å²) in [6, 6.07) is 14.7. The number of methoxy groups -OCH3 is 1. The largest absolute Gasteiger partial charge is 0.496 e. The quantitative estimate of drug-likeness (QED) is 0.697. The topological polar surface area (TPSA) is 64.4 Å². The minimum Gasteiger partial charge on any atom is -0.496 e. The second kappa shape index (κ2) is 7.61. The molecule has 1 amide bonds. The Bertz CT molecular complexity index is 1040. The fraction of sp³-hybridized carbons (Fsp3) is 0.286. The molecule has 6 heteroatoms. The van der Waals surface area contributed by atoms with Crippen LogP contribution in [0, 0.1) is 6.92 Å². The number of likely N-dealkylation sites (N-methyl/N-ethyl adjacent to an activating group) is 1. The predicted octanol–water partition coefficient (Wildman–Crippen LogP) is 2.93. The molecule has 0 bridgehead atoms. The lowest BCUT2D eigenvalue weighted by Crippen LogP contribution is -2.36. The van der Waals surface area contributed by atoms with Crippen molar-refractivity contribution in [3.8, 4) is 5.75 Å². The Labute approximate surface area is 158 Å². The fourth-order valence-electron chi connectivity index (χ4n) is 3.19. The molecule has 140 valence electrons. The molecule has 0 saturated heterocycles. The Balaban J connectivity index is 1.88. The maximum Gasteiger partial charge on any atom is 0.275 e. The Kier molecular flexibility index (Phi) is 5.26. The summed E-state index contributed by atoms with van der Waals surface area (Å²) < 4.78 is 6.63. The van der Waals surface area contributed by atoms with Gasteiger partial charge in [-0.2, -0.15) is 5.10 Å². The van der Waals surface area contributed by atoms with E-state index in [0.29, 0.717) is 5.39 Å². The molecule has 1 heterocycles. The van der Waals surface area contributed by atoms with E-state index in [1.165, 1.54) is 4.68 Å². The molecule has 0 radical (unpaired) electrons. The third kappa shape index (κ3) is 3.56. The number of benzene rings is 2. The summed E-state index contributed by atoms with van der Waals surface area (Å²) in [6.07, 6.45) is 0. The number of aromatic nitrogens is 2. The third-order valence-corrected chi connectivity index (χ3v) is 4.90. The van der Waals surface area contributed by atoms with E-state index in [9.17, 15) is 9.59 Å². The average molecular weight is 365 g/mol. The highest BCUT2D eigenvalue weighted by Gasteiger charge is 2.21. The van der Waals surface area contributed by atoms with E-state index in [1.54, 1.807) is 25.1 Å². The SMILES string of the molecule is COc1ccccc1C(C)N(C)C(=O)Cn1nc(C)c2ccccc2c1=O. The summed E-state index contributed by atoms with van der Waals surface area (Å²) >= 11 is 0. The van der Waals surface area contributed by atoms with Gasteiger partial charge >= 0.3 is 0 Å². The van der Waals surface area contributed by atoms with Crippen LogP contribution in [-0.4, -0.2) is 34.7 Å². The zero-order valence-corrected chi connectivity index (χ0v) is 16.0. The Morgan fingerprint density at radius 2 is 1.78 bits per heavy atom. The van der Waals surface area contributed by atoms with Gasteiger partial charge in [0.05, 0.1) is 24.2 Å². The number of rotatable bonds is 5. The first kappa shape index (κ1) is 18.6. The minimum atomic E-state index is -0.261. The lowest BCUT2D eigenvalue weighted by Gasteiger charge is -2.26. The fourth-order valence-corrected chi connectivity index (χ4v) is 3.19. The Morgan fingerprint density at radius 3 is 2.48 bits per heavy atom. The van der Waals surface area contributed by atoms with Crippen LogP contribution in [0.3, 0.4) is 0 Å². The average Bonchev–Trinajstić information content (AvgIpc) is 2.70. The van der Waals surface area contributed by atoms with Crippen molar-refractivity contribution in [3.63, 3.8) is 0 Å². The summed E-state index contributed by atoms with van der Waals surface area (Å²) in [5, 5.41) is 5.70. The number of ether oxygens (including phenoxy) is 1. The molecule has 0 saturated carbocycles. The van der Waals surface area contributed by atoms with Crippen molar-refractivity contribution in [2.45, 2.75) is 26.4 Å². The predicted molar refractivity (Wildman–Crippen MR) is 105 cm³/mol.